The Morgan fingerprint density at radius 2 is 2.00 bits per heavy atom. The topological polar surface area (TPSA) is 88.4 Å². The van der Waals surface area contributed by atoms with E-state index in [0.29, 0.717) is 18.4 Å². The molecule has 1 fully saturated rings. The lowest BCUT2D eigenvalue weighted by atomic mass is 10.2. The van der Waals surface area contributed by atoms with Crippen LogP contribution in [0.15, 0.2) is 0 Å². The first-order valence-corrected chi connectivity index (χ1v) is 8.78. The quantitative estimate of drug-likeness (QED) is 0.764. The average molecular weight is 313 g/mol. The number of amides is 1. The molecule has 1 aromatic rings. The van der Waals surface area contributed by atoms with E-state index >= 15 is 0 Å². The van der Waals surface area contributed by atoms with Crippen LogP contribution in [0.2, 0.25) is 0 Å². The number of hydrogen-bond donors (Lipinski definition) is 0. The molecule has 3 rings (SSSR count). The van der Waals surface area contributed by atoms with Crippen LogP contribution in [0.25, 0.3) is 0 Å². The van der Waals surface area contributed by atoms with Crippen LogP contribution >= 0.6 is 0 Å². The number of nitrogens with zero attached hydrogens (tertiary/aromatic N) is 5. The van der Waals surface area contributed by atoms with Crippen molar-refractivity contribution in [2.24, 2.45) is 0 Å². The zero-order valence-corrected chi connectivity index (χ0v) is 13.2. The van der Waals surface area contributed by atoms with Gasteiger partial charge in [-0.25, -0.2) is 8.42 Å². The van der Waals surface area contributed by atoms with Crippen molar-refractivity contribution in [1.82, 2.24) is 24.0 Å². The van der Waals surface area contributed by atoms with Gasteiger partial charge in [0.1, 0.15) is 11.9 Å². The lowest BCUT2D eigenvalue weighted by Crippen LogP contribution is -2.43. The summed E-state index contributed by atoms with van der Waals surface area (Å²) in [7, 11) is -1.80. The van der Waals surface area contributed by atoms with Crippen molar-refractivity contribution in [3.05, 3.63) is 11.6 Å². The van der Waals surface area contributed by atoms with Crippen LogP contribution in [0, 0.1) is 0 Å². The first kappa shape index (κ1) is 14.5. The number of fused-ring (bicyclic) bond motifs is 1. The van der Waals surface area contributed by atoms with Crippen LogP contribution < -0.4 is 0 Å². The third-order valence-electron chi connectivity index (χ3n) is 4.09. The molecule has 8 nitrogen and oxygen atoms in total. The summed E-state index contributed by atoms with van der Waals surface area (Å²) in [5, 5.41) is 8.21. The molecule has 0 radical (unpaired) electrons. The Hall–Kier alpha value is -1.48. The van der Waals surface area contributed by atoms with E-state index in [1.807, 2.05) is 11.8 Å². The van der Waals surface area contributed by atoms with Gasteiger partial charge in [0.25, 0.3) is 0 Å². The zero-order valence-electron chi connectivity index (χ0n) is 12.4. The molecule has 0 aromatic carbocycles. The highest BCUT2D eigenvalue weighted by molar-refractivity contribution is 7.88. The van der Waals surface area contributed by atoms with Gasteiger partial charge in [-0.2, -0.15) is 4.31 Å². The van der Waals surface area contributed by atoms with Gasteiger partial charge in [0.15, 0.2) is 5.82 Å². The molecule has 0 N–H and O–H groups in total. The largest absolute Gasteiger partial charge is 0.330 e. The standard InChI is InChI=1S/C12H19N5O3S/c1-8-12(18)16(9-4-5-9)7-11-14-13-10(17(8)11)6-15(2)21(3,19)20/h8-9H,4-7H2,1-3H3. The Morgan fingerprint density at radius 1 is 1.33 bits per heavy atom. The maximum atomic E-state index is 12.4. The summed E-state index contributed by atoms with van der Waals surface area (Å²) in [6, 6.07) is -0.0418. The van der Waals surface area contributed by atoms with Gasteiger partial charge >= 0.3 is 0 Å². The average Bonchev–Trinajstić information content (AvgIpc) is 3.15. The first-order valence-electron chi connectivity index (χ1n) is 6.93. The van der Waals surface area contributed by atoms with Crippen molar-refractivity contribution < 1.29 is 13.2 Å². The number of carbonyl (C=O) groups is 1. The van der Waals surface area contributed by atoms with E-state index < -0.39 is 10.0 Å². The molecule has 116 valence electrons. The van der Waals surface area contributed by atoms with Crippen LogP contribution in [0.5, 0.6) is 0 Å². The summed E-state index contributed by atoms with van der Waals surface area (Å²) in [5.41, 5.74) is 0. The van der Waals surface area contributed by atoms with Crippen molar-refractivity contribution in [1.29, 1.82) is 0 Å². The molecule has 1 aromatic heterocycles. The summed E-state index contributed by atoms with van der Waals surface area (Å²) < 4.78 is 26.0. The lowest BCUT2D eigenvalue weighted by Gasteiger charge is -2.32. The van der Waals surface area contributed by atoms with Gasteiger partial charge in [-0.15, -0.1) is 10.2 Å². The second-order valence-corrected chi connectivity index (χ2v) is 7.88. The van der Waals surface area contributed by atoms with Gasteiger partial charge in [-0.3, -0.25) is 9.36 Å². The number of hydrogen-bond acceptors (Lipinski definition) is 5. The number of aromatic nitrogens is 3. The van der Waals surface area contributed by atoms with Crippen molar-refractivity contribution in [2.45, 2.75) is 44.9 Å². The maximum absolute atomic E-state index is 12.4. The van der Waals surface area contributed by atoms with Crippen molar-refractivity contribution in [3.63, 3.8) is 0 Å². The van der Waals surface area contributed by atoms with Crippen molar-refractivity contribution in [2.75, 3.05) is 13.3 Å². The smallest absolute Gasteiger partial charge is 0.246 e. The van der Waals surface area contributed by atoms with Crippen molar-refractivity contribution in [3.8, 4) is 0 Å². The highest BCUT2D eigenvalue weighted by Gasteiger charge is 2.40. The van der Waals surface area contributed by atoms with Crippen LogP contribution in [0.3, 0.4) is 0 Å². The molecule has 2 heterocycles. The van der Waals surface area contributed by atoms with Gasteiger partial charge in [-0.05, 0) is 19.8 Å². The fraction of sp³-hybridized carbons (Fsp3) is 0.750. The van der Waals surface area contributed by atoms with Gasteiger partial charge in [0.2, 0.25) is 15.9 Å². The fourth-order valence-corrected chi connectivity index (χ4v) is 2.97. The number of sulfonamides is 1. The van der Waals surface area contributed by atoms with E-state index in [9.17, 15) is 13.2 Å². The third-order valence-corrected chi connectivity index (χ3v) is 5.36. The minimum absolute atomic E-state index is 0.0630. The van der Waals surface area contributed by atoms with E-state index in [4.69, 9.17) is 0 Å². The summed E-state index contributed by atoms with van der Waals surface area (Å²) in [6.45, 7) is 2.39. The second kappa shape index (κ2) is 4.77. The van der Waals surface area contributed by atoms with Crippen LogP contribution in [-0.2, 0) is 27.9 Å². The lowest BCUT2D eigenvalue weighted by molar-refractivity contribution is -0.137. The van der Waals surface area contributed by atoms with Gasteiger partial charge in [0.05, 0.1) is 19.3 Å². The Morgan fingerprint density at radius 3 is 2.57 bits per heavy atom. The Labute approximate surface area is 123 Å². The first-order chi connectivity index (χ1) is 9.79. The summed E-state index contributed by atoms with van der Waals surface area (Å²) >= 11 is 0. The van der Waals surface area contributed by atoms with E-state index in [2.05, 4.69) is 10.2 Å². The van der Waals surface area contributed by atoms with E-state index in [0.717, 1.165) is 24.9 Å². The highest BCUT2D eigenvalue weighted by Crippen LogP contribution is 2.33. The molecule has 0 spiro atoms. The Balaban J connectivity index is 1.89. The molecule has 21 heavy (non-hydrogen) atoms. The van der Waals surface area contributed by atoms with Crippen LogP contribution in [0.4, 0.5) is 0 Å². The third kappa shape index (κ3) is 2.55. The van der Waals surface area contributed by atoms with Gasteiger partial charge < -0.3 is 4.90 Å². The molecule has 0 saturated heterocycles. The predicted molar refractivity (Wildman–Crippen MR) is 74.6 cm³/mol. The molecule has 9 heteroatoms. The normalized spacial score (nSPS) is 22.8. The van der Waals surface area contributed by atoms with Crippen molar-refractivity contribution >= 4 is 15.9 Å². The number of carbonyl (C=O) groups excluding carboxylic acids is 1. The molecular weight excluding hydrogens is 294 g/mol. The van der Waals surface area contributed by atoms with Crippen LogP contribution in [-0.4, -0.2) is 57.6 Å². The summed E-state index contributed by atoms with van der Waals surface area (Å²) in [5.74, 6) is 1.30. The van der Waals surface area contributed by atoms with E-state index in [-0.39, 0.29) is 18.5 Å². The second-order valence-electron chi connectivity index (χ2n) is 5.79. The maximum Gasteiger partial charge on any atom is 0.246 e. The number of rotatable bonds is 4. The molecule has 1 aliphatic heterocycles. The molecular formula is C12H19N5O3S. The van der Waals surface area contributed by atoms with Gasteiger partial charge in [-0.1, -0.05) is 0 Å². The molecule has 1 amide bonds. The Kier molecular flexibility index (Phi) is 3.28. The monoisotopic (exact) mass is 313 g/mol. The minimum atomic E-state index is -3.29. The Bertz CT molecular complexity index is 679. The molecule has 1 aliphatic carbocycles. The highest BCUT2D eigenvalue weighted by atomic mass is 32.2. The van der Waals surface area contributed by atoms with Crippen LogP contribution in [0.1, 0.15) is 37.5 Å². The SMILES string of the molecule is CC1C(=O)N(C2CC2)Cc2nnc(CN(C)S(C)(=O)=O)n21. The molecule has 0 bridgehead atoms. The predicted octanol–water partition coefficient (Wildman–Crippen LogP) is -0.265. The molecule has 1 saturated carbocycles. The summed E-state index contributed by atoms with van der Waals surface area (Å²) in [4.78, 5) is 14.3. The zero-order chi connectivity index (χ0) is 15.4. The summed E-state index contributed by atoms with van der Waals surface area (Å²) in [6.07, 6.45) is 3.25. The minimum Gasteiger partial charge on any atom is -0.330 e. The fourth-order valence-electron chi connectivity index (χ4n) is 2.62. The molecule has 1 atom stereocenters. The molecule has 1 unspecified atom stereocenters. The van der Waals surface area contributed by atoms with E-state index in [1.54, 1.807) is 4.57 Å². The van der Waals surface area contributed by atoms with E-state index in [1.165, 1.54) is 11.4 Å². The van der Waals surface area contributed by atoms with Gasteiger partial charge in [0, 0.05) is 13.1 Å². The molecule has 2 aliphatic rings.